The highest BCUT2D eigenvalue weighted by molar-refractivity contribution is 8.00. The van der Waals surface area contributed by atoms with Gasteiger partial charge in [-0.3, -0.25) is 4.79 Å². The van der Waals surface area contributed by atoms with Crippen molar-refractivity contribution in [2.75, 3.05) is 12.3 Å². The SMILES string of the molecule is CC(O)(CNC(=O)C1SCCc2sccc21)C(=O)O. The normalized spacial score (nSPS) is 21.3. The number of carbonyl (C=O) groups is 2. The third-order valence-corrected chi connectivity index (χ3v) is 5.22. The van der Waals surface area contributed by atoms with E-state index in [0.717, 1.165) is 17.7 Å². The number of aliphatic hydroxyl groups is 1. The van der Waals surface area contributed by atoms with Crippen LogP contribution in [0.1, 0.15) is 22.6 Å². The maximum absolute atomic E-state index is 12.1. The van der Waals surface area contributed by atoms with Gasteiger partial charge in [0.15, 0.2) is 5.60 Å². The molecule has 2 heterocycles. The van der Waals surface area contributed by atoms with E-state index < -0.39 is 11.6 Å². The van der Waals surface area contributed by atoms with E-state index >= 15 is 0 Å². The van der Waals surface area contributed by atoms with Gasteiger partial charge >= 0.3 is 5.97 Å². The number of amides is 1. The zero-order valence-electron chi connectivity index (χ0n) is 10.4. The van der Waals surface area contributed by atoms with Crippen LogP contribution in [0.3, 0.4) is 0 Å². The van der Waals surface area contributed by atoms with E-state index in [9.17, 15) is 14.7 Å². The molecule has 19 heavy (non-hydrogen) atoms. The van der Waals surface area contributed by atoms with E-state index in [1.54, 1.807) is 23.1 Å². The zero-order chi connectivity index (χ0) is 14.0. The first-order valence-corrected chi connectivity index (χ1v) is 7.76. The van der Waals surface area contributed by atoms with Crippen LogP contribution in [0.15, 0.2) is 11.4 Å². The van der Waals surface area contributed by atoms with Crippen molar-refractivity contribution in [3.63, 3.8) is 0 Å². The first kappa shape index (κ1) is 14.4. The maximum atomic E-state index is 12.1. The summed E-state index contributed by atoms with van der Waals surface area (Å²) in [6, 6.07) is 1.94. The van der Waals surface area contributed by atoms with Crippen LogP contribution in [0.25, 0.3) is 0 Å². The summed E-state index contributed by atoms with van der Waals surface area (Å²) in [7, 11) is 0. The van der Waals surface area contributed by atoms with Gasteiger partial charge in [-0.1, -0.05) is 0 Å². The number of thioether (sulfide) groups is 1. The van der Waals surface area contributed by atoms with Crippen molar-refractivity contribution in [1.29, 1.82) is 0 Å². The largest absolute Gasteiger partial charge is 0.479 e. The van der Waals surface area contributed by atoms with Crippen molar-refractivity contribution in [1.82, 2.24) is 5.32 Å². The fourth-order valence-electron chi connectivity index (χ4n) is 1.79. The highest BCUT2D eigenvalue weighted by Crippen LogP contribution is 2.39. The summed E-state index contributed by atoms with van der Waals surface area (Å²) in [5.41, 5.74) is -0.930. The summed E-state index contributed by atoms with van der Waals surface area (Å²) in [6.45, 7) is 0.872. The molecular weight excluding hydrogens is 286 g/mol. The molecule has 0 spiro atoms. The van der Waals surface area contributed by atoms with Crippen LogP contribution in [-0.4, -0.2) is 40.0 Å². The highest BCUT2D eigenvalue weighted by atomic mass is 32.2. The van der Waals surface area contributed by atoms with E-state index in [2.05, 4.69) is 5.32 Å². The molecule has 0 saturated heterocycles. The molecule has 7 heteroatoms. The second-order valence-electron chi connectivity index (χ2n) is 4.60. The zero-order valence-corrected chi connectivity index (χ0v) is 12.0. The molecule has 2 unspecified atom stereocenters. The van der Waals surface area contributed by atoms with Crippen LogP contribution < -0.4 is 5.32 Å². The molecule has 2 atom stereocenters. The maximum Gasteiger partial charge on any atom is 0.337 e. The number of carboxylic acid groups (broad SMARTS) is 1. The Balaban J connectivity index is 2.01. The molecule has 0 fully saturated rings. The average Bonchev–Trinajstić information content (AvgIpc) is 2.83. The molecule has 0 bridgehead atoms. The Morgan fingerprint density at radius 1 is 1.58 bits per heavy atom. The summed E-state index contributed by atoms with van der Waals surface area (Å²) in [5, 5.41) is 22.5. The Morgan fingerprint density at radius 3 is 3.00 bits per heavy atom. The quantitative estimate of drug-likeness (QED) is 0.773. The lowest BCUT2D eigenvalue weighted by atomic mass is 10.1. The van der Waals surface area contributed by atoms with Crippen molar-refractivity contribution in [2.45, 2.75) is 24.2 Å². The van der Waals surface area contributed by atoms with Gasteiger partial charge in [-0.15, -0.1) is 23.1 Å². The number of hydrogen-bond donors (Lipinski definition) is 3. The van der Waals surface area contributed by atoms with Gasteiger partial charge in [0.2, 0.25) is 5.91 Å². The third kappa shape index (κ3) is 3.10. The van der Waals surface area contributed by atoms with Crippen molar-refractivity contribution in [3.05, 3.63) is 21.9 Å². The Bertz CT molecular complexity index is 498. The topological polar surface area (TPSA) is 86.6 Å². The molecule has 2 rings (SSSR count). The monoisotopic (exact) mass is 301 g/mol. The van der Waals surface area contributed by atoms with E-state index in [0.29, 0.717) is 0 Å². The van der Waals surface area contributed by atoms with Gasteiger partial charge in [0.25, 0.3) is 0 Å². The van der Waals surface area contributed by atoms with Crippen molar-refractivity contribution in [3.8, 4) is 0 Å². The van der Waals surface area contributed by atoms with Gasteiger partial charge in [-0.2, -0.15) is 0 Å². The van der Waals surface area contributed by atoms with Crippen LogP contribution in [0, 0.1) is 0 Å². The molecular formula is C12H15NO4S2. The third-order valence-electron chi connectivity index (χ3n) is 2.98. The lowest BCUT2D eigenvalue weighted by Crippen LogP contribution is -2.47. The fraction of sp³-hybridized carbons (Fsp3) is 0.500. The minimum Gasteiger partial charge on any atom is -0.479 e. The minimum absolute atomic E-state index is 0.245. The molecule has 0 radical (unpaired) electrons. The molecule has 5 nitrogen and oxygen atoms in total. The number of thiophene rings is 1. The Labute approximate surface area is 119 Å². The molecule has 1 aromatic heterocycles. The first-order valence-electron chi connectivity index (χ1n) is 5.83. The van der Waals surface area contributed by atoms with Crippen LogP contribution in [0.2, 0.25) is 0 Å². The number of aliphatic carboxylic acids is 1. The van der Waals surface area contributed by atoms with E-state index in [1.165, 1.54) is 11.8 Å². The van der Waals surface area contributed by atoms with Gasteiger partial charge in [0.05, 0.1) is 6.54 Å². The van der Waals surface area contributed by atoms with Crippen molar-refractivity contribution >= 4 is 35.0 Å². The molecule has 1 amide bonds. The molecule has 0 aliphatic carbocycles. The number of rotatable bonds is 4. The lowest BCUT2D eigenvalue weighted by Gasteiger charge is -2.24. The van der Waals surface area contributed by atoms with Crippen LogP contribution >= 0.6 is 23.1 Å². The summed E-state index contributed by atoms with van der Waals surface area (Å²) in [4.78, 5) is 24.1. The summed E-state index contributed by atoms with van der Waals surface area (Å²) < 4.78 is 0. The number of carbonyl (C=O) groups excluding carboxylic acids is 1. The van der Waals surface area contributed by atoms with Gasteiger partial charge in [-0.05, 0) is 36.1 Å². The van der Waals surface area contributed by atoms with E-state index in [1.807, 2.05) is 11.4 Å². The Hall–Kier alpha value is -1.05. The number of carboxylic acids is 1. The van der Waals surface area contributed by atoms with Crippen molar-refractivity contribution in [2.24, 2.45) is 0 Å². The van der Waals surface area contributed by atoms with Gasteiger partial charge in [0.1, 0.15) is 5.25 Å². The van der Waals surface area contributed by atoms with Gasteiger partial charge < -0.3 is 15.5 Å². The molecule has 1 aliphatic rings. The van der Waals surface area contributed by atoms with Crippen LogP contribution in [0.4, 0.5) is 0 Å². The molecule has 3 N–H and O–H groups in total. The smallest absolute Gasteiger partial charge is 0.337 e. The summed E-state index contributed by atoms with van der Waals surface area (Å²) in [5.74, 6) is -0.716. The van der Waals surface area contributed by atoms with Gasteiger partial charge in [-0.25, -0.2) is 4.79 Å². The molecule has 104 valence electrons. The number of nitrogens with one attached hydrogen (secondary N) is 1. The second kappa shape index (κ2) is 5.52. The standard InChI is InChI=1S/C12H15NO4S2/c1-12(17,11(15)16)6-13-10(14)9-7-2-4-18-8(7)3-5-19-9/h2,4,9,17H,3,5-6H2,1H3,(H,13,14)(H,15,16). The van der Waals surface area contributed by atoms with Crippen LogP contribution in [-0.2, 0) is 16.0 Å². The lowest BCUT2D eigenvalue weighted by molar-refractivity contribution is -0.156. The summed E-state index contributed by atoms with van der Waals surface area (Å²) in [6.07, 6.45) is 0.967. The van der Waals surface area contributed by atoms with Crippen molar-refractivity contribution < 1.29 is 19.8 Å². The predicted molar refractivity (Wildman–Crippen MR) is 74.5 cm³/mol. The minimum atomic E-state index is -1.94. The number of hydrogen-bond acceptors (Lipinski definition) is 5. The number of aryl methyl sites for hydroxylation is 1. The molecule has 1 aromatic rings. The van der Waals surface area contributed by atoms with Crippen LogP contribution in [0.5, 0.6) is 0 Å². The molecule has 0 saturated carbocycles. The van der Waals surface area contributed by atoms with Gasteiger partial charge in [0, 0.05) is 4.88 Å². The Kier molecular flexibility index (Phi) is 4.17. The van der Waals surface area contributed by atoms with E-state index in [4.69, 9.17) is 5.11 Å². The first-order chi connectivity index (χ1) is 8.92. The molecule has 1 aliphatic heterocycles. The Morgan fingerprint density at radius 2 is 2.32 bits per heavy atom. The predicted octanol–water partition coefficient (Wildman–Crippen LogP) is 1.03. The van der Waals surface area contributed by atoms with E-state index in [-0.39, 0.29) is 17.7 Å². The number of fused-ring (bicyclic) bond motifs is 1. The highest BCUT2D eigenvalue weighted by Gasteiger charge is 2.33. The average molecular weight is 301 g/mol. The molecule has 0 aromatic carbocycles. The fourth-order valence-corrected chi connectivity index (χ4v) is 4.11. The second-order valence-corrected chi connectivity index (χ2v) is 6.81. The summed E-state index contributed by atoms with van der Waals surface area (Å²) >= 11 is 3.18.